The van der Waals surface area contributed by atoms with Crippen molar-refractivity contribution in [1.82, 2.24) is 0 Å². The van der Waals surface area contributed by atoms with E-state index < -0.39 is 12.2 Å². The first-order valence-electron chi connectivity index (χ1n) is 6.43. The maximum atomic E-state index is 10.4. The van der Waals surface area contributed by atoms with Gasteiger partial charge in [0.2, 0.25) is 0 Å². The number of aliphatic hydroxyl groups excluding tert-OH is 2. The number of rotatable bonds is 0. The van der Waals surface area contributed by atoms with Gasteiger partial charge in [0.25, 0.3) is 0 Å². The SMILES string of the molecule is OC1C(O)[C@H]2c3ccccc3[C@@H]1c1cccc(Cl)c12. The Morgan fingerprint density at radius 2 is 1.32 bits per heavy atom. The van der Waals surface area contributed by atoms with Gasteiger partial charge in [-0.1, -0.05) is 48.0 Å². The zero-order valence-corrected chi connectivity index (χ0v) is 10.9. The van der Waals surface area contributed by atoms with Crippen LogP contribution in [0.25, 0.3) is 0 Å². The highest BCUT2D eigenvalue weighted by molar-refractivity contribution is 6.31. The van der Waals surface area contributed by atoms with Gasteiger partial charge in [-0.05, 0) is 28.3 Å². The van der Waals surface area contributed by atoms with Crippen LogP contribution < -0.4 is 0 Å². The number of hydrogen-bond donors (Lipinski definition) is 2. The number of aliphatic hydroxyl groups is 2. The van der Waals surface area contributed by atoms with Gasteiger partial charge in [0.15, 0.2) is 0 Å². The second-order valence-corrected chi connectivity index (χ2v) is 5.72. The molecule has 0 amide bonds. The van der Waals surface area contributed by atoms with Crippen molar-refractivity contribution >= 4 is 11.6 Å². The molecule has 96 valence electrons. The molecule has 0 fully saturated rings. The first-order chi connectivity index (χ1) is 9.20. The van der Waals surface area contributed by atoms with Gasteiger partial charge in [-0.2, -0.15) is 0 Å². The first-order valence-corrected chi connectivity index (χ1v) is 6.81. The summed E-state index contributed by atoms with van der Waals surface area (Å²) in [7, 11) is 0. The normalized spacial score (nSPS) is 30.9. The lowest BCUT2D eigenvalue weighted by Gasteiger charge is -2.46. The minimum Gasteiger partial charge on any atom is -0.389 e. The molecule has 2 bridgehead atoms. The zero-order chi connectivity index (χ0) is 13.1. The van der Waals surface area contributed by atoms with Gasteiger partial charge in [-0.25, -0.2) is 0 Å². The predicted molar refractivity (Wildman–Crippen MR) is 73.6 cm³/mol. The molecule has 0 radical (unpaired) electrons. The van der Waals surface area contributed by atoms with E-state index in [1.807, 2.05) is 42.5 Å². The molecular formula is C16H13ClO2. The molecular weight excluding hydrogens is 260 g/mol. The molecule has 19 heavy (non-hydrogen) atoms. The summed E-state index contributed by atoms with van der Waals surface area (Å²) in [6.07, 6.45) is -1.54. The standard InChI is InChI=1S/C16H13ClO2/c17-11-7-3-6-10-12-8-4-1-2-5-9(8)14(13(10)11)16(19)15(12)18/h1-7,12,14-16,18-19H/t12-,14+,15?,16?/m1/s1. The summed E-state index contributed by atoms with van der Waals surface area (Å²) in [5, 5.41) is 21.4. The second-order valence-electron chi connectivity index (χ2n) is 5.31. The maximum absolute atomic E-state index is 10.4. The van der Waals surface area contributed by atoms with Crippen molar-refractivity contribution in [2.24, 2.45) is 0 Å². The monoisotopic (exact) mass is 272 g/mol. The number of halogens is 1. The van der Waals surface area contributed by atoms with E-state index in [-0.39, 0.29) is 11.8 Å². The minimum absolute atomic E-state index is 0.176. The molecule has 2 unspecified atom stereocenters. The van der Waals surface area contributed by atoms with Crippen LogP contribution in [0.4, 0.5) is 0 Å². The Kier molecular flexibility index (Phi) is 2.31. The van der Waals surface area contributed by atoms with E-state index in [9.17, 15) is 10.2 Å². The topological polar surface area (TPSA) is 40.5 Å². The van der Waals surface area contributed by atoms with E-state index in [4.69, 9.17) is 11.6 Å². The van der Waals surface area contributed by atoms with Crippen molar-refractivity contribution in [3.63, 3.8) is 0 Å². The van der Waals surface area contributed by atoms with Crippen LogP contribution in [0, 0.1) is 0 Å². The summed E-state index contributed by atoms with van der Waals surface area (Å²) in [4.78, 5) is 0. The zero-order valence-electron chi connectivity index (χ0n) is 10.1. The molecule has 2 nitrogen and oxygen atoms in total. The average Bonchev–Trinajstić information content (AvgIpc) is 2.43. The first kappa shape index (κ1) is 11.5. The Morgan fingerprint density at radius 3 is 2.05 bits per heavy atom. The van der Waals surface area contributed by atoms with Gasteiger partial charge < -0.3 is 10.2 Å². The van der Waals surface area contributed by atoms with Crippen molar-refractivity contribution in [2.45, 2.75) is 24.0 Å². The highest BCUT2D eigenvalue weighted by atomic mass is 35.5. The molecule has 2 aromatic carbocycles. The summed E-state index contributed by atoms with van der Waals surface area (Å²) in [5.74, 6) is -0.398. The molecule has 4 atom stereocenters. The Labute approximate surface area is 116 Å². The molecule has 2 aromatic rings. The van der Waals surface area contributed by atoms with Crippen molar-refractivity contribution in [2.75, 3.05) is 0 Å². The van der Waals surface area contributed by atoms with Crippen molar-refractivity contribution in [3.8, 4) is 0 Å². The van der Waals surface area contributed by atoms with E-state index in [2.05, 4.69) is 0 Å². The summed E-state index contributed by atoms with van der Waals surface area (Å²) >= 11 is 6.32. The summed E-state index contributed by atoms with van der Waals surface area (Å²) in [6, 6.07) is 13.8. The van der Waals surface area contributed by atoms with Crippen LogP contribution in [0.5, 0.6) is 0 Å². The third-order valence-corrected chi connectivity index (χ3v) is 4.76. The third kappa shape index (κ3) is 1.34. The Balaban J connectivity index is 2.08. The maximum Gasteiger partial charge on any atom is 0.0918 e. The van der Waals surface area contributed by atoms with Crippen LogP contribution in [-0.2, 0) is 0 Å². The van der Waals surface area contributed by atoms with E-state index in [0.29, 0.717) is 5.02 Å². The molecule has 3 heteroatoms. The van der Waals surface area contributed by atoms with Crippen LogP contribution in [-0.4, -0.2) is 22.4 Å². The lowest BCUT2D eigenvalue weighted by atomic mass is 9.61. The smallest absolute Gasteiger partial charge is 0.0918 e. The fourth-order valence-electron chi connectivity index (χ4n) is 3.67. The van der Waals surface area contributed by atoms with Gasteiger partial charge in [0, 0.05) is 16.9 Å². The lowest BCUT2D eigenvalue weighted by Crippen LogP contribution is -2.47. The lowest BCUT2D eigenvalue weighted by molar-refractivity contribution is -0.0154. The fraction of sp³-hybridized carbons (Fsp3) is 0.250. The van der Waals surface area contributed by atoms with Crippen molar-refractivity contribution in [3.05, 3.63) is 69.7 Å². The van der Waals surface area contributed by atoms with Crippen LogP contribution in [0.1, 0.15) is 34.1 Å². The molecule has 0 aliphatic heterocycles. The third-order valence-electron chi connectivity index (χ3n) is 4.43. The van der Waals surface area contributed by atoms with Crippen LogP contribution >= 0.6 is 11.6 Å². The Hall–Kier alpha value is -1.35. The number of benzene rings is 2. The van der Waals surface area contributed by atoms with Crippen LogP contribution in [0.2, 0.25) is 5.02 Å². The molecule has 0 aromatic heterocycles. The molecule has 5 rings (SSSR count). The average molecular weight is 273 g/mol. The molecule has 2 N–H and O–H groups in total. The van der Waals surface area contributed by atoms with E-state index in [1.165, 1.54) is 0 Å². The molecule has 0 heterocycles. The molecule has 0 saturated heterocycles. The van der Waals surface area contributed by atoms with Gasteiger partial charge >= 0.3 is 0 Å². The van der Waals surface area contributed by atoms with Gasteiger partial charge in [0.1, 0.15) is 0 Å². The van der Waals surface area contributed by atoms with E-state index in [1.54, 1.807) is 0 Å². The van der Waals surface area contributed by atoms with Crippen LogP contribution in [0.15, 0.2) is 42.5 Å². The molecule has 0 saturated carbocycles. The minimum atomic E-state index is -0.785. The summed E-state index contributed by atoms with van der Waals surface area (Å²) in [5.41, 5.74) is 4.23. The van der Waals surface area contributed by atoms with Crippen molar-refractivity contribution in [1.29, 1.82) is 0 Å². The number of hydrogen-bond acceptors (Lipinski definition) is 2. The van der Waals surface area contributed by atoms with Crippen LogP contribution in [0.3, 0.4) is 0 Å². The highest BCUT2D eigenvalue weighted by Gasteiger charge is 2.49. The summed E-state index contributed by atoms with van der Waals surface area (Å²) < 4.78 is 0. The van der Waals surface area contributed by atoms with Crippen molar-refractivity contribution < 1.29 is 10.2 Å². The fourth-order valence-corrected chi connectivity index (χ4v) is 3.97. The van der Waals surface area contributed by atoms with Gasteiger partial charge in [-0.3, -0.25) is 0 Å². The highest BCUT2D eigenvalue weighted by Crippen LogP contribution is 2.54. The molecule has 3 aliphatic rings. The largest absolute Gasteiger partial charge is 0.389 e. The van der Waals surface area contributed by atoms with Gasteiger partial charge in [-0.15, -0.1) is 0 Å². The quantitative estimate of drug-likeness (QED) is 0.774. The molecule has 0 spiro atoms. The second kappa shape index (κ2) is 3.83. The Bertz CT molecular complexity index is 668. The predicted octanol–water partition coefficient (Wildman–Crippen LogP) is 2.65. The van der Waals surface area contributed by atoms with E-state index in [0.717, 1.165) is 22.3 Å². The van der Waals surface area contributed by atoms with Gasteiger partial charge in [0.05, 0.1) is 12.2 Å². The number of fused-ring (bicyclic) bond motifs is 1. The molecule has 3 aliphatic carbocycles. The summed E-state index contributed by atoms with van der Waals surface area (Å²) in [6.45, 7) is 0. The Morgan fingerprint density at radius 1 is 0.737 bits per heavy atom. The van der Waals surface area contributed by atoms with E-state index >= 15 is 0 Å².